The van der Waals surface area contributed by atoms with Crippen LogP contribution >= 0.6 is 0 Å². The molecule has 2 N–H and O–H groups in total. The molecule has 0 saturated heterocycles. The Kier molecular flexibility index (Phi) is 4.00. The van der Waals surface area contributed by atoms with E-state index in [9.17, 15) is 0 Å². The fourth-order valence-corrected chi connectivity index (χ4v) is 1.41. The number of rotatable bonds is 4. The van der Waals surface area contributed by atoms with E-state index in [1.165, 1.54) is 5.57 Å². The highest BCUT2D eigenvalue weighted by Gasteiger charge is 2.07. The molecule has 0 unspecified atom stereocenters. The number of hydrogen-bond acceptors (Lipinski definition) is 3. The molecule has 1 aromatic carbocycles. The Labute approximate surface area is 96.8 Å². The van der Waals surface area contributed by atoms with Gasteiger partial charge in [0.25, 0.3) is 0 Å². The number of nitrogen functional groups attached to an aromatic ring is 1. The van der Waals surface area contributed by atoms with Crippen LogP contribution in [0.4, 0.5) is 11.4 Å². The van der Waals surface area contributed by atoms with Crippen LogP contribution in [-0.4, -0.2) is 7.11 Å². The summed E-state index contributed by atoms with van der Waals surface area (Å²) in [6.07, 6.45) is 3.72. The Morgan fingerprint density at radius 1 is 1.44 bits per heavy atom. The third-order valence-corrected chi connectivity index (χ3v) is 2.08. The molecule has 0 bridgehead atoms. The summed E-state index contributed by atoms with van der Waals surface area (Å²) in [5, 5.41) is 0. The minimum atomic E-state index is 0.682. The van der Waals surface area contributed by atoms with Crippen LogP contribution in [0.15, 0.2) is 42.8 Å². The lowest BCUT2D eigenvalue weighted by Crippen LogP contribution is -2.08. The quantitative estimate of drug-likeness (QED) is 0.789. The summed E-state index contributed by atoms with van der Waals surface area (Å²) in [6.45, 7) is 7.84. The molecule has 1 aromatic rings. The predicted molar refractivity (Wildman–Crippen MR) is 69.5 cm³/mol. The van der Waals surface area contributed by atoms with Gasteiger partial charge < -0.3 is 15.4 Å². The van der Waals surface area contributed by atoms with Gasteiger partial charge in [-0.3, -0.25) is 0 Å². The highest BCUT2D eigenvalue weighted by atomic mass is 16.5. The van der Waals surface area contributed by atoms with Gasteiger partial charge >= 0.3 is 0 Å². The van der Waals surface area contributed by atoms with Crippen molar-refractivity contribution in [1.29, 1.82) is 0 Å². The molecule has 0 heterocycles. The Bertz CT molecular complexity index is 406. The molecule has 16 heavy (non-hydrogen) atoms. The van der Waals surface area contributed by atoms with Crippen molar-refractivity contribution in [2.24, 2.45) is 0 Å². The molecule has 0 aliphatic heterocycles. The highest BCUT2D eigenvalue weighted by molar-refractivity contribution is 5.66. The number of nitrogens with zero attached hydrogens (tertiary/aromatic N) is 1. The standard InChI is InChI=1S/C13H18N2O/c1-5-15(9-10(2)3)12-7-6-11(14)8-13(12)16-4/h5-9H,1,14H2,2-4H3. The fourth-order valence-electron chi connectivity index (χ4n) is 1.41. The third kappa shape index (κ3) is 2.79. The summed E-state index contributed by atoms with van der Waals surface area (Å²) in [7, 11) is 1.63. The molecular weight excluding hydrogens is 200 g/mol. The molecule has 0 atom stereocenters. The number of hydrogen-bond donors (Lipinski definition) is 1. The van der Waals surface area contributed by atoms with E-state index in [0.29, 0.717) is 5.69 Å². The lowest BCUT2D eigenvalue weighted by Gasteiger charge is -2.19. The molecule has 0 fully saturated rings. The van der Waals surface area contributed by atoms with Gasteiger partial charge in [-0.15, -0.1) is 0 Å². The average molecular weight is 218 g/mol. The van der Waals surface area contributed by atoms with Gasteiger partial charge in [-0.2, -0.15) is 0 Å². The maximum atomic E-state index is 5.71. The second-order valence-electron chi connectivity index (χ2n) is 3.73. The number of allylic oxidation sites excluding steroid dienone is 1. The SMILES string of the molecule is C=CN(C=C(C)C)c1ccc(N)cc1OC. The van der Waals surface area contributed by atoms with E-state index in [1.807, 2.05) is 37.1 Å². The Morgan fingerprint density at radius 3 is 2.62 bits per heavy atom. The first-order chi connectivity index (χ1) is 7.58. The van der Waals surface area contributed by atoms with Gasteiger partial charge in [-0.05, 0) is 26.0 Å². The zero-order valence-corrected chi connectivity index (χ0v) is 10.0. The van der Waals surface area contributed by atoms with Crippen molar-refractivity contribution in [2.75, 3.05) is 17.7 Å². The van der Waals surface area contributed by atoms with E-state index < -0.39 is 0 Å². The first-order valence-corrected chi connectivity index (χ1v) is 5.08. The molecule has 0 aromatic heterocycles. The molecule has 1 rings (SSSR count). The maximum absolute atomic E-state index is 5.71. The van der Waals surface area contributed by atoms with Crippen molar-refractivity contribution >= 4 is 11.4 Å². The second kappa shape index (κ2) is 5.26. The van der Waals surface area contributed by atoms with Crippen LogP contribution in [0.3, 0.4) is 0 Å². The van der Waals surface area contributed by atoms with Gasteiger partial charge in [0, 0.05) is 24.2 Å². The summed E-state index contributed by atoms with van der Waals surface area (Å²) in [5.74, 6) is 0.734. The van der Waals surface area contributed by atoms with Crippen LogP contribution in [0, 0.1) is 0 Å². The lowest BCUT2D eigenvalue weighted by atomic mass is 10.2. The molecule has 86 valence electrons. The molecule has 3 nitrogen and oxygen atoms in total. The topological polar surface area (TPSA) is 38.5 Å². The zero-order valence-electron chi connectivity index (χ0n) is 10.0. The van der Waals surface area contributed by atoms with Gasteiger partial charge in [-0.25, -0.2) is 0 Å². The molecular formula is C13H18N2O. The molecule has 0 radical (unpaired) electrons. The summed E-state index contributed by atoms with van der Waals surface area (Å²) >= 11 is 0. The summed E-state index contributed by atoms with van der Waals surface area (Å²) in [5.41, 5.74) is 8.49. The van der Waals surface area contributed by atoms with E-state index >= 15 is 0 Å². The maximum Gasteiger partial charge on any atom is 0.144 e. The molecule has 0 aliphatic rings. The fraction of sp³-hybridized carbons (Fsp3) is 0.231. The summed E-state index contributed by atoms with van der Waals surface area (Å²) < 4.78 is 5.29. The normalized spacial score (nSPS) is 9.44. The molecule has 0 spiro atoms. The second-order valence-corrected chi connectivity index (χ2v) is 3.73. The van der Waals surface area contributed by atoms with E-state index in [0.717, 1.165) is 11.4 Å². The number of ether oxygens (including phenoxy) is 1. The van der Waals surface area contributed by atoms with E-state index in [-0.39, 0.29) is 0 Å². The Morgan fingerprint density at radius 2 is 2.12 bits per heavy atom. The number of nitrogens with two attached hydrogens (primary N) is 1. The summed E-state index contributed by atoms with van der Waals surface area (Å²) in [4.78, 5) is 1.91. The van der Waals surface area contributed by atoms with E-state index in [2.05, 4.69) is 6.58 Å². The van der Waals surface area contributed by atoms with Crippen molar-refractivity contribution in [3.63, 3.8) is 0 Å². The van der Waals surface area contributed by atoms with Crippen LogP contribution < -0.4 is 15.4 Å². The van der Waals surface area contributed by atoms with Gasteiger partial charge in [0.15, 0.2) is 0 Å². The number of methoxy groups -OCH3 is 1. The van der Waals surface area contributed by atoms with Crippen molar-refractivity contribution in [1.82, 2.24) is 0 Å². The number of benzene rings is 1. The summed E-state index contributed by atoms with van der Waals surface area (Å²) in [6, 6.07) is 5.55. The number of anilines is 2. The molecule has 0 amide bonds. The average Bonchev–Trinajstić information content (AvgIpc) is 2.25. The highest BCUT2D eigenvalue weighted by Crippen LogP contribution is 2.30. The van der Waals surface area contributed by atoms with Crippen molar-refractivity contribution in [3.8, 4) is 5.75 Å². The Balaban J connectivity index is 3.19. The van der Waals surface area contributed by atoms with Crippen LogP contribution in [0.5, 0.6) is 5.75 Å². The first kappa shape index (κ1) is 12.2. The lowest BCUT2D eigenvalue weighted by molar-refractivity contribution is 0.416. The minimum Gasteiger partial charge on any atom is -0.494 e. The van der Waals surface area contributed by atoms with E-state index in [4.69, 9.17) is 10.5 Å². The smallest absolute Gasteiger partial charge is 0.144 e. The van der Waals surface area contributed by atoms with Gasteiger partial charge in [0.2, 0.25) is 0 Å². The van der Waals surface area contributed by atoms with Crippen molar-refractivity contribution in [3.05, 3.63) is 42.8 Å². The first-order valence-electron chi connectivity index (χ1n) is 5.08. The van der Waals surface area contributed by atoms with Crippen LogP contribution in [-0.2, 0) is 0 Å². The van der Waals surface area contributed by atoms with Crippen molar-refractivity contribution < 1.29 is 4.74 Å². The van der Waals surface area contributed by atoms with Crippen molar-refractivity contribution in [2.45, 2.75) is 13.8 Å². The minimum absolute atomic E-state index is 0.682. The predicted octanol–water partition coefficient (Wildman–Crippen LogP) is 3.15. The zero-order chi connectivity index (χ0) is 12.1. The van der Waals surface area contributed by atoms with E-state index in [1.54, 1.807) is 19.4 Å². The molecule has 3 heteroatoms. The largest absolute Gasteiger partial charge is 0.494 e. The Hall–Kier alpha value is -1.90. The van der Waals surface area contributed by atoms with Gasteiger partial charge in [0.1, 0.15) is 5.75 Å². The van der Waals surface area contributed by atoms with Crippen LogP contribution in [0.1, 0.15) is 13.8 Å². The third-order valence-electron chi connectivity index (χ3n) is 2.08. The van der Waals surface area contributed by atoms with Crippen LogP contribution in [0.25, 0.3) is 0 Å². The monoisotopic (exact) mass is 218 g/mol. The van der Waals surface area contributed by atoms with Gasteiger partial charge in [0.05, 0.1) is 12.8 Å². The van der Waals surface area contributed by atoms with Crippen LogP contribution in [0.2, 0.25) is 0 Å². The molecule has 0 aliphatic carbocycles. The molecule has 0 saturated carbocycles. The van der Waals surface area contributed by atoms with Gasteiger partial charge in [-0.1, -0.05) is 12.2 Å².